The highest BCUT2D eigenvalue weighted by atomic mass is 32.2. The van der Waals surface area contributed by atoms with E-state index >= 15 is 0 Å². The number of rotatable bonds is 20. The van der Waals surface area contributed by atoms with Crippen LogP contribution in [0.4, 0.5) is 8.78 Å². The number of likely N-dealkylation sites (tertiary alicyclic amines) is 1. The Bertz CT molecular complexity index is 1960. The van der Waals surface area contributed by atoms with E-state index in [2.05, 4.69) is 10.6 Å². The molecule has 8 N–H and O–H groups in total. The van der Waals surface area contributed by atoms with Crippen molar-refractivity contribution in [1.82, 2.24) is 30.2 Å². The minimum absolute atomic E-state index is 0.0397. The Morgan fingerprint density at radius 1 is 1.03 bits per heavy atom. The van der Waals surface area contributed by atoms with Gasteiger partial charge in [-0.1, -0.05) is 51.1 Å². The van der Waals surface area contributed by atoms with Gasteiger partial charge in [0.05, 0.1) is 23.0 Å². The van der Waals surface area contributed by atoms with Gasteiger partial charge in [0.1, 0.15) is 30.0 Å². The molecule has 0 radical (unpaired) electrons. The summed E-state index contributed by atoms with van der Waals surface area (Å²) in [6, 6.07) is 9.24. The summed E-state index contributed by atoms with van der Waals surface area (Å²) in [4.78, 5) is 77.2. The molecule has 58 heavy (non-hydrogen) atoms. The summed E-state index contributed by atoms with van der Waals surface area (Å²) in [6.07, 6.45) is 1.61. The van der Waals surface area contributed by atoms with Crippen molar-refractivity contribution in [3.05, 3.63) is 83.2 Å². The van der Waals surface area contributed by atoms with E-state index in [0.29, 0.717) is 17.7 Å². The van der Waals surface area contributed by atoms with Gasteiger partial charge in [-0.15, -0.1) is 11.8 Å². The number of carboxylic acid groups (broad SMARTS) is 1. The Balaban J connectivity index is 1.37. The maximum atomic E-state index is 15.0. The van der Waals surface area contributed by atoms with Gasteiger partial charge >= 0.3 is 5.97 Å². The third-order valence-electron chi connectivity index (χ3n) is 9.38. The fourth-order valence-corrected chi connectivity index (χ4v) is 7.56. The lowest BCUT2D eigenvalue weighted by atomic mass is 9.81. The number of hydrogen-bond acceptors (Lipinski definition) is 11. The molecule has 19 heteroatoms. The van der Waals surface area contributed by atoms with Gasteiger partial charge in [-0.3, -0.25) is 33.7 Å². The van der Waals surface area contributed by atoms with Crippen LogP contribution in [0, 0.1) is 17.0 Å². The van der Waals surface area contributed by atoms with Crippen molar-refractivity contribution < 1.29 is 47.8 Å². The molecule has 2 aromatic carbocycles. The summed E-state index contributed by atoms with van der Waals surface area (Å²) in [5, 5.41) is 28.1. The average Bonchev–Trinajstić information content (AvgIpc) is 3.70. The van der Waals surface area contributed by atoms with Crippen molar-refractivity contribution in [1.29, 1.82) is 0 Å². The van der Waals surface area contributed by atoms with Gasteiger partial charge in [-0.05, 0) is 29.5 Å². The van der Waals surface area contributed by atoms with Gasteiger partial charge in [-0.25, -0.2) is 13.5 Å². The Kier molecular flexibility index (Phi) is 16.0. The molecular weight excluding hydrogens is 779 g/mol. The molecule has 2 heterocycles. The normalized spacial score (nSPS) is 15.9. The van der Waals surface area contributed by atoms with Crippen molar-refractivity contribution in [3.63, 3.8) is 0 Å². The van der Waals surface area contributed by atoms with E-state index in [1.54, 1.807) is 6.20 Å². The largest absolute Gasteiger partial charge is 0.480 e. The van der Waals surface area contributed by atoms with Gasteiger partial charge in [0.15, 0.2) is 0 Å². The van der Waals surface area contributed by atoms with E-state index in [-0.39, 0.29) is 56.9 Å². The van der Waals surface area contributed by atoms with Crippen LogP contribution in [-0.4, -0.2) is 121 Å². The molecule has 16 nitrogen and oxygen atoms in total. The number of aliphatic hydroxyl groups excluding tert-OH is 1. The number of amides is 5. The summed E-state index contributed by atoms with van der Waals surface area (Å²) >= 11 is 0.990. The number of nitrogens with two attached hydrogens (primary N) is 2. The van der Waals surface area contributed by atoms with Crippen molar-refractivity contribution in [2.45, 2.75) is 69.8 Å². The molecule has 0 spiro atoms. The van der Waals surface area contributed by atoms with E-state index in [0.717, 1.165) is 40.4 Å². The Hall–Kier alpha value is -5.24. The van der Waals surface area contributed by atoms with Crippen LogP contribution in [0.5, 0.6) is 0 Å². The fourth-order valence-electron chi connectivity index (χ4n) is 6.45. The van der Waals surface area contributed by atoms with E-state index < -0.39 is 82.5 Å². The molecule has 4 rings (SSSR count). The lowest BCUT2D eigenvalue weighted by Crippen LogP contribution is -2.47. The number of carbonyl (C=O) groups is 6. The van der Waals surface area contributed by atoms with E-state index in [1.165, 1.54) is 9.58 Å². The number of nitrogens with zero attached hydrogens (tertiary/aromatic N) is 4. The van der Waals surface area contributed by atoms with Crippen molar-refractivity contribution in [2.24, 2.45) is 16.9 Å². The molecule has 1 saturated heterocycles. The molecule has 1 aliphatic heterocycles. The van der Waals surface area contributed by atoms with Crippen LogP contribution in [-0.2, 0) is 35.2 Å². The maximum absolute atomic E-state index is 15.0. The highest BCUT2D eigenvalue weighted by Crippen LogP contribution is 2.40. The Morgan fingerprint density at radius 2 is 1.74 bits per heavy atom. The summed E-state index contributed by atoms with van der Waals surface area (Å²) in [7, 11) is 0. The Morgan fingerprint density at radius 3 is 2.40 bits per heavy atom. The summed E-state index contributed by atoms with van der Waals surface area (Å²) in [6.45, 7) is 4.40. The van der Waals surface area contributed by atoms with Crippen LogP contribution in [0.3, 0.4) is 0 Å². The first-order valence-electron chi connectivity index (χ1n) is 18.6. The number of carboxylic acids is 1. The van der Waals surface area contributed by atoms with Crippen LogP contribution in [0.25, 0.3) is 5.69 Å². The minimum atomic E-state index is -1.22. The maximum Gasteiger partial charge on any atom is 0.321 e. The second kappa shape index (κ2) is 20.4. The molecule has 0 saturated carbocycles. The van der Waals surface area contributed by atoms with Gasteiger partial charge in [0.2, 0.25) is 29.5 Å². The van der Waals surface area contributed by atoms with Crippen molar-refractivity contribution in [3.8, 4) is 5.69 Å². The molecule has 4 atom stereocenters. The molecule has 1 fully saturated rings. The topological polar surface area (TPSA) is 243 Å². The van der Waals surface area contributed by atoms with Gasteiger partial charge < -0.3 is 37.2 Å². The number of imide groups is 1. The summed E-state index contributed by atoms with van der Waals surface area (Å²) < 4.78 is 30.5. The predicted octanol–water partition coefficient (Wildman–Crippen LogP) is 1.26. The number of aliphatic carboxylic acids is 1. The molecule has 0 aliphatic carbocycles. The van der Waals surface area contributed by atoms with Gasteiger partial charge in [0, 0.05) is 69.0 Å². The molecule has 314 valence electrons. The molecule has 1 aliphatic rings. The molecule has 3 aromatic rings. The quantitative estimate of drug-likeness (QED) is 0.0883. The second-order valence-electron chi connectivity index (χ2n) is 14.9. The minimum Gasteiger partial charge on any atom is -0.480 e. The lowest BCUT2D eigenvalue weighted by Gasteiger charge is -2.40. The number of aromatic nitrogens is 2. The first-order valence-corrected chi connectivity index (χ1v) is 19.7. The first kappa shape index (κ1) is 45.5. The SMILES string of the molecule is CC(C)(C)[C@H](c1nn(-c2cc(F)ccc2F)cc1Cc1ccccc1)N(CC[C@H](N)C(=O)NCCC(=O)NCCN1C(=O)CC(SC[C@H](N)C(=O)O)C1=O)C(=O)CO. The highest BCUT2D eigenvalue weighted by molar-refractivity contribution is 8.00. The zero-order valence-electron chi connectivity index (χ0n) is 32.5. The fraction of sp³-hybridized carbons (Fsp3) is 0.462. The number of nitrogens with one attached hydrogen (secondary N) is 2. The van der Waals surface area contributed by atoms with Crippen LogP contribution in [0.2, 0.25) is 0 Å². The molecule has 1 unspecified atom stereocenters. The molecule has 1 aromatic heterocycles. The molecule has 5 amide bonds. The number of halogens is 2. The smallest absolute Gasteiger partial charge is 0.321 e. The number of aliphatic hydroxyl groups is 1. The molecular formula is C39H50F2N8O8S. The van der Waals surface area contributed by atoms with Gasteiger partial charge in [0.25, 0.3) is 0 Å². The van der Waals surface area contributed by atoms with Crippen LogP contribution < -0.4 is 22.1 Å². The van der Waals surface area contributed by atoms with Gasteiger partial charge in [-0.2, -0.15) is 5.10 Å². The zero-order chi connectivity index (χ0) is 42.7. The number of benzene rings is 2. The predicted molar refractivity (Wildman–Crippen MR) is 210 cm³/mol. The van der Waals surface area contributed by atoms with Crippen LogP contribution >= 0.6 is 11.8 Å². The highest BCUT2D eigenvalue weighted by Gasteiger charge is 2.40. The third-order valence-corrected chi connectivity index (χ3v) is 10.7. The van der Waals surface area contributed by atoms with Crippen LogP contribution in [0.1, 0.15) is 62.9 Å². The zero-order valence-corrected chi connectivity index (χ0v) is 33.3. The molecule has 0 bridgehead atoms. The summed E-state index contributed by atoms with van der Waals surface area (Å²) in [5.41, 5.74) is 12.7. The van der Waals surface area contributed by atoms with Crippen molar-refractivity contribution in [2.75, 3.05) is 38.5 Å². The van der Waals surface area contributed by atoms with Crippen LogP contribution in [0.15, 0.2) is 54.7 Å². The second-order valence-corrected chi connectivity index (χ2v) is 16.1. The monoisotopic (exact) mass is 828 g/mol. The van der Waals surface area contributed by atoms with E-state index in [4.69, 9.17) is 21.7 Å². The van der Waals surface area contributed by atoms with E-state index in [9.17, 15) is 42.7 Å². The third kappa shape index (κ3) is 12.1. The number of hydrogen-bond donors (Lipinski definition) is 6. The van der Waals surface area contributed by atoms with Crippen molar-refractivity contribution >= 4 is 47.3 Å². The lowest BCUT2D eigenvalue weighted by molar-refractivity contribution is -0.140. The number of carbonyl (C=O) groups excluding carboxylic acids is 5. The standard InChI is InChI=1S/C39H50F2N8O8S/c1-39(2,3)35(34-24(17-23-7-5-4-6-8-23)20-49(46-34)29-18-25(40)9-10-26(29)41)47(33(53)21-50)15-12-27(42)36(54)45-13-11-31(51)44-14-16-48-32(52)19-30(37(48)55)58-22-28(43)38(56)57/h4-10,18,20,27-28,30,35,50H,11-17,19,21-22,42-43H2,1-3H3,(H,44,51)(H,45,54)(H,56,57)/t27-,28-,30?,35-/m0/s1. The Labute approximate surface area is 338 Å². The van der Waals surface area contributed by atoms with E-state index in [1.807, 2.05) is 51.1 Å². The average molecular weight is 829 g/mol. The first-order chi connectivity index (χ1) is 27.4. The number of thioether (sulfide) groups is 1. The summed E-state index contributed by atoms with van der Waals surface area (Å²) in [5.74, 6) is -5.32.